The largest absolute Gasteiger partial charge is 0.481 e. The van der Waals surface area contributed by atoms with Crippen LogP contribution in [-0.4, -0.2) is 47.4 Å². The topological polar surface area (TPSA) is 113 Å². The van der Waals surface area contributed by atoms with E-state index in [1.807, 2.05) is 0 Å². The molecule has 2 aromatic rings. The summed E-state index contributed by atoms with van der Waals surface area (Å²) in [4.78, 5) is 46.9. The molecule has 0 aliphatic rings. The van der Waals surface area contributed by atoms with Crippen LogP contribution in [0.2, 0.25) is 0 Å². The van der Waals surface area contributed by atoms with Crippen molar-refractivity contribution in [2.75, 3.05) is 6.54 Å². The molecule has 0 fully saturated rings. The molecule has 1 unspecified atom stereocenters. The Bertz CT molecular complexity index is 992. The number of hydrogen-bond acceptors (Lipinski definition) is 4. The Morgan fingerprint density at radius 2 is 1.47 bits per heavy atom. The van der Waals surface area contributed by atoms with Gasteiger partial charge < -0.3 is 15.7 Å². The predicted molar refractivity (Wildman–Crippen MR) is 117 cm³/mol. The van der Waals surface area contributed by atoms with Crippen LogP contribution in [-0.2, 0) is 20.8 Å². The highest BCUT2D eigenvalue weighted by atomic mass is 19.4. The summed E-state index contributed by atoms with van der Waals surface area (Å²) in [5.41, 5.74) is 1.30. The average Bonchev–Trinajstić information content (AvgIpc) is 2.80. The molecule has 0 aromatic heterocycles. The number of benzene rings is 2. The first kappa shape index (κ1) is 26.6. The first-order valence-corrected chi connectivity index (χ1v) is 10.6. The van der Waals surface area contributed by atoms with Gasteiger partial charge in [-0.05, 0) is 18.4 Å². The molecule has 182 valence electrons. The van der Waals surface area contributed by atoms with Crippen molar-refractivity contribution in [3.63, 3.8) is 0 Å². The summed E-state index contributed by atoms with van der Waals surface area (Å²) < 4.78 is 38.2. The number of nitrogens with one attached hydrogen (secondary N) is 2. The fourth-order valence-corrected chi connectivity index (χ4v) is 3.15. The summed E-state index contributed by atoms with van der Waals surface area (Å²) in [6.07, 6.45) is -4.01. The summed E-state index contributed by atoms with van der Waals surface area (Å²) in [7, 11) is 0. The van der Waals surface area contributed by atoms with Gasteiger partial charge in [0.25, 0.3) is 0 Å². The quantitative estimate of drug-likeness (QED) is 0.320. The van der Waals surface area contributed by atoms with E-state index < -0.39 is 30.0 Å². The highest BCUT2D eigenvalue weighted by Gasteiger charge is 2.40. The van der Waals surface area contributed by atoms with E-state index in [0.29, 0.717) is 36.0 Å². The molecule has 2 aromatic carbocycles. The summed E-state index contributed by atoms with van der Waals surface area (Å²) in [5, 5.41) is 12.8. The Hall–Kier alpha value is -3.69. The van der Waals surface area contributed by atoms with Gasteiger partial charge in [0.15, 0.2) is 5.78 Å². The molecular weight excluding hydrogens is 453 g/mol. The number of unbranched alkanes of at least 4 members (excludes halogenated alkanes) is 2. The first-order valence-electron chi connectivity index (χ1n) is 10.6. The fraction of sp³-hybridized carbons (Fsp3) is 0.333. The number of halogens is 3. The SMILES string of the molecule is O=C(O)CCCCCNC(=O)C(Cc1ccc(C(=O)c2ccccc2)cc1)NC(=O)C(F)(F)F. The van der Waals surface area contributed by atoms with Gasteiger partial charge in [-0.15, -0.1) is 0 Å². The van der Waals surface area contributed by atoms with Gasteiger partial charge in [0.1, 0.15) is 6.04 Å². The Morgan fingerprint density at radius 1 is 0.853 bits per heavy atom. The summed E-state index contributed by atoms with van der Waals surface area (Å²) in [5.74, 6) is -4.18. The number of rotatable bonds is 12. The van der Waals surface area contributed by atoms with E-state index >= 15 is 0 Å². The number of alkyl halides is 3. The summed E-state index contributed by atoms with van der Waals surface area (Å²) >= 11 is 0. The van der Waals surface area contributed by atoms with Crippen LogP contribution in [0.25, 0.3) is 0 Å². The number of amides is 2. The van der Waals surface area contributed by atoms with E-state index in [2.05, 4.69) is 5.32 Å². The molecule has 0 bridgehead atoms. The maximum Gasteiger partial charge on any atom is 0.471 e. The van der Waals surface area contributed by atoms with Gasteiger partial charge in [-0.1, -0.05) is 61.0 Å². The van der Waals surface area contributed by atoms with E-state index in [9.17, 15) is 32.3 Å². The minimum Gasteiger partial charge on any atom is -0.481 e. The predicted octanol–water partition coefficient (Wildman–Crippen LogP) is 3.27. The molecule has 0 saturated heterocycles. The Morgan fingerprint density at radius 3 is 2.06 bits per heavy atom. The second-order valence-corrected chi connectivity index (χ2v) is 7.62. The number of carbonyl (C=O) groups excluding carboxylic acids is 3. The Balaban J connectivity index is 2.02. The lowest BCUT2D eigenvalue weighted by Crippen LogP contribution is -2.51. The van der Waals surface area contributed by atoms with Gasteiger partial charge in [0.2, 0.25) is 5.91 Å². The molecule has 1 atom stereocenters. The normalized spacial score (nSPS) is 12.0. The molecular formula is C24H25F3N2O5. The van der Waals surface area contributed by atoms with E-state index in [1.54, 1.807) is 35.6 Å². The van der Waals surface area contributed by atoms with Crippen molar-refractivity contribution in [3.8, 4) is 0 Å². The zero-order valence-corrected chi connectivity index (χ0v) is 18.2. The second kappa shape index (κ2) is 12.5. The van der Waals surface area contributed by atoms with Gasteiger partial charge in [-0.2, -0.15) is 13.2 Å². The van der Waals surface area contributed by atoms with Crippen molar-refractivity contribution in [2.45, 2.75) is 44.3 Å². The molecule has 2 rings (SSSR count). The van der Waals surface area contributed by atoms with Crippen molar-refractivity contribution in [1.29, 1.82) is 0 Å². The van der Waals surface area contributed by atoms with Gasteiger partial charge in [0.05, 0.1) is 0 Å². The molecule has 34 heavy (non-hydrogen) atoms. The van der Waals surface area contributed by atoms with Gasteiger partial charge in [-0.3, -0.25) is 19.2 Å². The molecule has 0 spiro atoms. The maximum absolute atomic E-state index is 12.7. The zero-order valence-electron chi connectivity index (χ0n) is 18.2. The molecule has 0 aliphatic heterocycles. The molecule has 0 saturated carbocycles. The number of carboxylic acids is 1. The number of hydrogen-bond donors (Lipinski definition) is 3. The lowest BCUT2D eigenvalue weighted by atomic mass is 9.99. The highest BCUT2D eigenvalue weighted by Crippen LogP contribution is 2.16. The van der Waals surface area contributed by atoms with Crippen molar-refractivity contribution < 1.29 is 37.5 Å². The number of carboxylic acid groups (broad SMARTS) is 1. The summed E-state index contributed by atoms with van der Waals surface area (Å²) in [6.45, 7) is 0.126. The van der Waals surface area contributed by atoms with E-state index in [4.69, 9.17) is 5.11 Å². The third kappa shape index (κ3) is 8.68. The second-order valence-electron chi connectivity index (χ2n) is 7.62. The van der Waals surface area contributed by atoms with Crippen molar-refractivity contribution in [2.24, 2.45) is 0 Å². The molecule has 3 N–H and O–H groups in total. The lowest BCUT2D eigenvalue weighted by Gasteiger charge is -2.19. The van der Waals surface area contributed by atoms with Crippen LogP contribution >= 0.6 is 0 Å². The van der Waals surface area contributed by atoms with Crippen LogP contribution in [0.3, 0.4) is 0 Å². The molecule has 10 heteroatoms. The number of carbonyl (C=O) groups is 4. The average molecular weight is 478 g/mol. The Kier molecular flexibility index (Phi) is 9.78. The van der Waals surface area contributed by atoms with Crippen molar-refractivity contribution >= 4 is 23.6 Å². The molecule has 2 amide bonds. The Labute approximate surface area is 194 Å². The van der Waals surface area contributed by atoms with Crippen LogP contribution in [0, 0.1) is 0 Å². The minimum absolute atomic E-state index is 0.0129. The van der Waals surface area contributed by atoms with Crippen LogP contribution in [0.4, 0.5) is 13.2 Å². The van der Waals surface area contributed by atoms with Gasteiger partial charge in [-0.25, -0.2) is 0 Å². The van der Waals surface area contributed by atoms with Crippen LogP contribution in [0.5, 0.6) is 0 Å². The minimum atomic E-state index is -5.15. The van der Waals surface area contributed by atoms with E-state index in [0.717, 1.165) is 0 Å². The fourth-order valence-electron chi connectivity index (χ4n) is 3.15. The smallest absolute Gasteiger partial charge is 0.471 e. The zero-order chi connectivity index (χ0) is 25.1. The first-order chi connectivity index (χ1) is 16.1. The standard InChI is InChI=1S/C24H25F3N2O5/c25-24(26,27)23(34)29-19(22(33)28-14-6-2-5-9-20(30)31)15-16-10-12-18(13-11-16)21(32)17-7-3-1-4-8-17/h1,3-4,7-8,10-13,19H,2,5-6,9,14-15H2,(H,28,33)(H,29,34)(H,30,31). The van der Waals surface area contributed by atoms with Gasteiger partial charge in [0, 0.05) is 30.5 Å². The van der Waals surface area contributed by atoms with E-state index in [1.165, 1.54) is 24.3 Å². The van der Waals surface area contributed by atoms with Crippen molar-refractivity contribution in [1.82, 2.24) is 10.6 Å². The number of ketones is 1. The molecule has 0 radical (unpaired) electrons. The third-order valence-corrected chi connectivity index (χ3v) is 4.94. The van der Waals surface area contributed by atoms with Crippen LogP contribution in [0.15, 0.2) is 54.6 Å². The molecule has 7 nitrogen and oxygen atoms in total. The highest BCUT2D eigenvalue weighted by molar-refractivity contribution is 6.08. The lowest BCUT2D eigenvalue weighted by molar-refractivity contribution is -0.174. The van der Waals surface area contributed by atoms with Crippen molar-refractivity contribution in [3.05, 3.63) is 71.3 Å². The molecule has 0 aliphatic carbocycles. The third-order valence-electron chi connectivity index (χ3n) is 4.94. The summed E-state index contributed by atoms with van der Waals surface area (Å²) in [6, 6.07) is 13.1. The van der Waals surface area contributed by atoms with Crippen LogP contribution in [0.1, 0.15) is 47.2 Å². The maximum atomic E-state index is 12.7. The van der Waals surface area contributed by atoms with Gasteiger partial charge >= 0.3 is 18.1 Å². The monoisotopic (exact) mass is 478 g/mol. The number of aliphatic carboxylic acids is 1. The van der Waals surface area contributed by atoms with Crippen LogP contribution < -0.4 is 10.6 Å². The van der Waals surface area contributed by atoms with E-state index in [-0.39, 0.29) is 25.2 Å². The molecule has 0 heterocycles.